The highest BCUT2D eigenvalue weighted by Gasteiger charge is 2.54. The van der Waals surface area contributed by atoms with Crippen LogP contribution in [0.5, 0.6) is 5.75 Å². The summed E-state index contributed by atoms with van der Waals surface area (Å²) in [4.78, 5) is 10.4. The van der Waals surface area contributed by atoms with Gasteiger partial charge in [-0.25, -0.2) is 0 Å². The van der Waals surface area contributed by atoms with Crippen molar-refractivity contribution >= 4 is 19.7 Å². The number of oxime groups is 2. The minimum Gasteiger partial charge on any atom is -0.544 e. The number of hydrogen-bond acceptors (Lipinski definition) is 5. The van der Waals surface area contributed by atoms with E-state index >= 15 is 0 Å². The monoisotopic (exact) mass is 414 g/mol. The fraction of sp³-hybridized carbons (Fsp3) is 0.652. The topological polar surface area (TPSA) is 52.4 Å². The summed E-state index contributed by atoms with van der Waals surface area (Å²) in [5.41, 5.74) is 5.09. The van der Waals surface area contributed by atoms with Gasteiger partial charge in [0.05, 0.1) is 11.4 Å². The van der Waals surface area contributed by atoms with Gasteiger partial charge in [0.25, 0.3) is 0 Å². The van der Waals surface area contributed by atoms with Gasteiger partial charge in [0.15, 0.2) is 0 Å². The Hall–Kier alpha value is -1.82. The Morgan fingerprint density at radius 1 is 1.07 bits per heavy atom. The first-order chi connectivity index (χ1) is 13.8. The van der Waals surface area contributed by atoms with Crippen LogP contribution in [0.4, 0.5) is 0 Å². The summed E-state index contributed by atoms with van der Waals surface area (Å²) in [5.74, 6) is 2.72. The second-order valence-corrected chi connectivity index (χ2v) is 14.4. The van der Waals surface area contributed by atoms with Crippen LogP contribution in [0.2, 0.25) is 19.6 Å². The van der Waals surface area contributed by atoms with Crippen molar-refractivity contribution in [3.05, 3.63) is 29.3 Å². The summed E-state index contributed by atoms with van der Waals surface area (Å²) < 4.78 is 6.27. The molecule has 1 aromatic rings. The lowest BCUT2D eigenvalue weighted by molar-refractivity contribution is 0.105. The molecule has 0 heterocycles. The number of nitrogens with zero attached hydrogens (tertiary/aromatic N) is 2. The van der Waals surface area contributed by atoms with E-state index in [0.717, 1.165) is 24.3 Å². The van der Waals surface area contributed by atoms with E-state index in [-0.39, 0.29) is 5.41 Å². The molecule has 1 aromatic carbocycles. The van der Waals surface area contributed by atoms with Gasteiger partial charge in [-0.3, -0.25) is 0 Å². The molecule has 29 heavy (non-hydrogen) atoms. The number of benzene rings is 1. The minimum atomic E-state index is -1.66. The molecule has 2 saturated carbocycles. The fourth-order valence-electron chi connectivity index (χ4n) is 6.06. The van der Waals surface area contributed by atoms with E-state index in [9.17, 15) is 0 Å². The van der Waals surface area contributed by atoms with Crippen molar-refractivity contribution in [2.24, 2.45) is 27.6 Å². The molecule has 4 atom stereocenters. The van der Waals surface area contributed by atoms with E-state index in [1.54, 1.807) is 14.2 Å². The summed E-state index contributed by atoms with van der Waals surface area (Å²) in [5, 5.41) is 8.88. The summed E-state index contributed by atoms with van der Waals surface area (Å²) in [6.45, 7) is 9.04. The summed E-state index contributed by atoms with van der Waals surface area (Å²) in [6, 6.07) is 6.64. The Morgan fingerprint density at radius 3 is 2.52 bits per heavy atom. The van der Waals surface area contributed by atoms with Crippen molar-refractivity contribution in [2.75, 3.05) is 14.2 Å². The maximum absolute atomic E-state index is 6.27. The summed E-state index contributed by atoms with van der Waals surface area (Å²) >= 11 is 0. The molecule has 4 unspecified atom stereocenters. The zero-order valence-corrected chi connectivity index (χ0v) is 19.6. The third kappa shape index (κ3) is 3.60. The summed E-state index contributed by atoms with van der Waals surface area (Å²) in [7, 11) is 1.65. The lowest BCUT2D eigenvalue weighted by Gasteiger charge is -2.49. The van der Waals surface area contributed by atoms with Gasteiger partial charge in [-0.2, -0.15) is 0 Å². The Morgan fingerprint density at radius 2 is 1.83 bits per heavy atom. The molecule has 6 heteroatoms. The molecule has 0 radical (unpaired) electrons. The Bertz CT molecular complexity index is 845. The first kappa shape index (κ1) is 20.4. The Balaban J connectivity index is 1.72. The van der Waals surface area contributed by atoms with Crippen molar-refractivity contribution < 1.29 is 14.1 Å². The van der Waals surface area contributed by atoms with Gasteiger partial charge in [-0.15, -0.1) is 0 Å². The van der Waals surface area contributed by atoms with E-state index < -0.39 is 8.32 Å². The van der Waals surface area contributed by atoms with Crippen LogP contribution in [0.15, 0.2) is 28.5 Å². The molecule has 3 aliphatic carbocycles. The average Bonchev–Trinajstić information content (AvgIpc) is 2.98. The molecule has 5 nitrogen and oxygen atoms in total. The van der Waals surface area contributed by atoms with Crippen LogP contribution in [0.3, 0.4) is 0 Å². The molecule has 2 fully saturated rings. The van der Waals surface area contributed by atoms with Crippen LogP contribution in [0, 0.1) is 17.3 Å². The normalized spacial score (nSPS) is 33.8. The average molecular weight is 415 g/mol. The largest absolute Gasteiger partial charge is 0.544 e. The van der Waals surface area contributed by atoms with Crippen LogP contribution in [0.25, 0.3) is 0 Å². The molecule has 4 rings (SSSR count). The van der Waals surface area contributed by atoms with Crippen LogP contribution in [-0.2, 0) is 9.68 Å². The molecule has 0 aliphatic heterocycles. The van der Waals surface area contributed by atoms with Gasteiger partial charge in [-0.1, -0.05) is 23.3 Å². The van der Waals surface area contributed by atoms with E-state index in [4.69, 9.17) is 14.1 Å². The van der Waals surface area contributed by atoms with Crippen LogP contribution < -0.4 is 4.43 Å². The lowest BCUT2D eigenvalue weighted by Crippen LogP contribution is -2.43. The number of hydrogen-bond donors (Lipinski definition) is 0. The van der Waals surface area contributed by atoms with Crippen LogP contribution in [0.1, 0.15) is 56.1 Å². The molecule has 0 bridgehead atoms. The predicted molar refractivity (Wildman–Crippen MR) is 119 cm³/mol. The van der Waals surface area contributed by atoms with E-state index in [1.807, 2.05) is 0 Å². The predicted octanol–water partition coefficient (Wildman–Crippen LogP) is 5.57. The maximum Gasteiger partial charge on any atom is 0.242 e. The van der Waals surface area contributed by atoms with Crippen molar-refractivity contribution in [1.29, 1.82) is 0 Å². The van der Waals surface area contributed by atoms with Crippen molar-refractivity contribution in [3.63, 3.8) is 0 Å². The number of fused-ring (bicyclic) bond motifs is 5. The second kappa shape index (κ2) is 7.46. The zero-order chi connectivity index (χ0) is 20.8. The SMILES string of the molecule is CO/N=C1\CC2C(CCC3(C)/C(=N/OC)CCC23)c2ccc(O[Si](C)(C)C)cc21. The molecular formula is C23H34N2O3Si. The van der Waals surface area contributed by atoms with Gasteiger partial charge in [0.2, 0.25) is 8.32 Å². The van der Waals surface area contributed by atoms with Crippen LogP contribution in [-0.4, -0.2) is 34.0 Å². The van der Waals surface area contributed by atoms with Crippen molar-refractivity contribution in [3.8, 4) is 5.75 Å². The highest BCUT2D eigenvalue weighted by Crippen LogP contribution is 2.60. The second-order valence-electron chi connectivity index (χ2n) is 9.98. The van der Waals surface area contributed by atoms with Crippen molar-refractivity contribution in [2.45, 2.75) is 64.6 Å². The van der Waals surface area contributed by atoms with Crippen molar-refractivity contribution in [1.82, 2.24) is 0 Å². The lowest BCUT2D eigenvalue weighted by atomic mass is 9.55. The van der Waals surface area contributed by atoms with Gasteiger partial charge < -0.3 is 14.1 Å². The molecule has 158 valence electrons. The summed E-state index contributed by atoms with van der Waals surface area (Å²) in [6.07, 6.45) is 5.55. The number of rotatable bonds is 4. The minimum absolute atomic E-state index is 0.147. The standard InChI is InChI=1S/C23H34N2O3Si/c1-23-12-11-17-16-8-7-15(28-29(4,5)6)13-19(16)21(24-26-2)14-18(17)20(23)9-10-22(23)25-27-3/h7-8,13,17-18,20H,9-12,14H2,1-6H3/b24-21+,25-22+. The smallest absolute Gasteiger partial charge is 0.242 e. The van der Waals surface area contributed by atoms with E-state index in [2.05, 4.69) is 55.1 Å². The quantitative estimate of drug-likeness (QED) is 0.478. The molecular weight excluding hydrogens is 380 g/mol. The third-order valence-electron chi connectivity index (χ3n) is 7.17. The molecule has 0 aromatic heterocycles. The van der Waals surface area contributed by atoms with E-state index in [1.165, 1.54) is 36.1 Å². The molecule has 0 saturated heterocycles. The highest BCUT2D eigenvalue weighted by molar-refractivity contribution is 6.70. The van der Waals surface area contributed by atoms with Gasteiger partial charge in [-0.05, 0) is 87.2 Å². The molecule has 0 N–H and O–H groups in total. The van der Waals surface area contributed by atoms with Gasteiger partial charge >= 0.3 is 0 Å². The first-order valence-electron chi connectivity index (χ1n) is 10.8. The molecule has 3 aliphatic rings. The fourth-order valence-corrected chi connectivity index (χ4v) is 6.90. The van der Waals surface area contributed by atoms with Gasteiger partial charge in [0.1, 0.15) is 20.0 Å². The Labute approximate surface area is 175 Å². The molecule has 0 amide bonds. The maximum atomic E-state index is 6.27. The highest BCUT2D eigenvalue weighted by atomic mass is 28.4. The van der Waals surface area contributed by atoms with Crippen LogP contribution >= 0.6 is 0 Å². The zero-order valence-electron chi connectivity index (χ0n) is 18.6. The van der Waals surface area contributed by atoms with E-state index in [0.29, 0.717) is 17.8 Å². The first-order valence-corrected chi connectivity index (χ1v) is 14.2. The third-order valence-corrected chi connectivity index (χ3v) is 8.02. The van der Waals surface area contributed by atoms with Gasteiger partial charge in [0, 0.05) is 11.0 Å². The molecule has 0 spiro atoms. The Kier molecular flexibility index (Phi) is 5.26.